The predicted octanol–water partition coefficient (Wildman–Crippen LogP) is 5.22. The van der Waals surface area contributed by atoms with Crippen molar-refractivity contribution < 1.29 is 23.1 Å². The minimum atomic E-state index is -4.34. The lowest BCUT2D eigenvalue weighted by atomic mass is 9.71. The second-order valence-electron chi connectivity index (χ2n) is 7.19. The Morgan fingerprint density at radius 2 is 1.93 bits per heavy atom. The normalized spacial score (nSPS) is 18.8. The lowest BCUT2D eigenvalue weighted by Gasteiger charge is -2.34. The van der Waals surface area contributed by atoms with E-state index in [-0.39, 0.29) is 24.3 Å². The summed E-state index contributed by atoms with van der Waals surface area (Å²) in [6.07, 6.45) is -3.14. The van der Waals surface area contributed by atoms with Gasteiger partial charge in [0, 0.05) is 11.3 Å². The molecule has 0 bridgehead atoms. The molecule has 1 amide bonds. The first-order valence-corrected chi connectivity index (χ1v) is 10.9. The number of anilines is 1. The van der Waals surface area contributed by atoms with Gasteiger partial charge in [0.1, 0.15) is 5.01 Å². The van der Waals surface area contributed by atoms with E-state index < -0.39 is 11.7 Å². The van der Waals surface area contributed by atoms with Gasteiger partial charge in [0.25, 0.3) is 0 Å². The maximum atomic E-state index is 12.7. The number of aromatic nitrogens is 2. The van der Waals surface area contributed by atoms with Crippen LogP contribution in [0.25, 0.3) is 10.6 Å². The Labute approximate surface area is 178 Å². The molecule has 0 radical (unpaired) electrons. The van der Waals surface area contributed by atoms with Gasteiger partial charge in [-0.05, 0) is 43.4 Å². The highest BCUT2D eigenvalue weighted by atomic mass is 32.1. The molecule has 1 aliphatic carbocycles. The maximum Gasteiger partial charge on any atom is 0.416 e. The first kappa shape index (κ1) is 21.0. The molecular weight excluding hydrogens is 435 g/mol. The van der Waals surface area contributed by atoms with Gasteiger partial charge in [-0.2, -0.15) is 13.2 Å². The fourth-order valence-corrected chi connectivity index (χ4v) is 5.11. The quantitative estimate of drug-likeness (QED) is 0.556. The molecule has 2 aromatic heterocycles. The van der Waals surface area contributed by atoms with E-state index in [0.29, 0.717) is 28.7 Å². The molecule has 2 N–H and O–H groups in total. The molecule has 10 heteroatoms. The zero-order valence-electron chi connectivity index (χ0n) is 15.9. The van der Waals surface area contributed by atoms with Crippen molar-refractivity contribution in [2.75, 3.05) is 5.32 Å². The third-order valence-electron chi connectivity index (χ3n) is 5.16. The minimum absolute atomic E-state index is 0.0895. The van der Waals surface area contributed by atoms with E-state index in [0.717, 1.165) is 28.3 Å². The van der Waals surface area contributed by atoms with E-state index in [2.05, 4.69) is 15.3 Å². The molecule has 0 spiro atoms. The smallest absolute Gasteiger partial charge is 0.389 e. The van der Waals surface area contributed by atoms with Gasteiger partial charge in [-0.25, -0.2) is 9.97 Å². The summed E-state index contributed by atoms with van der Waals surface area (Å²) in [4.78, 5) is 22.1. The number of carbonyl (C=O) groups excluding carboxylic acids is 1. The third-order valence-corrected chi connectivity index (χ3v) is 7.08. The van der Waals surface area contributed by atoms with Crippen molar-refractivity contribution in [1.82, 2.24) is 9.97 Å². The Morgan fingerprint density at radius 1 is 1.23 bits per heavy atom. The van der Waals surface area contributed by atoms with Crippen LogP contribution in [-0.2, 0) is 17.6 Å². The third kappa shape index (κ3) is 4.26. The molecule has 1 saturated carbocycles. The Kier molecular flexibility index (Phi) is 5.65. The van der Waals surface area contributed by atoms with Gasteiger partial charge in [0.15, 0.2) is 5.13 Å². The second kappa shape index (κ2) is 8.09. The fraction of sp³-hybridized carbons (Fsp3) is 0.350. The summed E-state index contributed by atoms with van der Waals surface area (Å²) < 4.78 is 38.0. The summed E-state index contributed by atoms with van der Waals surface area (Å²) in [5, 5.41) is 15.0. The monoisotopic (exact) mass is 453 g/mol. The molecule has 30 heavy (non-hydrogen) atoms. The largest absolute Gasteiger partial charge is 0.416 e. The van der Waals surface area contributed by atoms with Crippen LogP contribution in [0.2, 0.25) is 0 Å². The Bertz CT molecular complexity index is 1050. The van der Waals surface area contributed by atoms with E-state index in [9.17, 15) is 23.1 Å². The molecule has 3 aromatic rings. The van der Waals surface area contributed by atoms with E-state index in [1.54, 1.807) is 0 Å². The number of nitrogens with one attached hydrogen (secondary N) is 1. The first-order chi connectivity index (χ1) is 14.2. The lowest BCUT2D eigenvalue weighted by molar-refractivity contribution is -0.137. The summed E-state index contributed by atoms with van der Waals surface area (Å²) in [6, 6.07) is 5.16. The number of benzene rings is 1. The summed E-state index contributed by atoms with van der Waals surface area (Å²) in [5.41, 5.74) is 1.65. The molecular formula is C20H18F3N3O2S2. The molecule has 0 saturated heterocycles. The number of amides is 1. The molecule has 158 valence electrons. The van der Waals surface area contributed by atoms with Gasteiger partial charge < -0.3 is 10.4 Å². The van der Waals surface area contributed by atoms with Gasteiger partial charge >= 0.3 is 6.18 Å². The molecule has 5 nitrogen and oxygen atoms in total. The van der Waals surface area contributed by atoms with Crippen LogP contribution in [0.1, 0.15) is 40.6 Å². The van der Waals surface area contributed by atoms with Crippen molar-refractivity contribution in [2.24, 2.45) is 5.92 Å². The number of hydrogen-bond acceptors (Lipinski definition) is 6. The van der Waals surface area contributed by atoms with Crippen molar-refractivity contribution >= 4 is 33.7 Å². The summed E-state index contributed by atoms with van der Waals surface area (Å²) in [5.74, 6) is -0.224. The zero-order valence-corrected chi connectivity index (χ0v) is 17.5. The van der Waals surface area contributed by atoms with Crippen LogP contribution in [0.4, 0.5) is 18.3 Å². The van der Waals surface area contributed by atoms with Crippen molar-refractivity contribution in [2.45, 2.75) is 38.5 Å². The van der Waals surface area contributed by atoms with E-state index in [4.69, 9.17) is 0 Å². The van der Waals surface area contributed by atoms with Crippen molar-refractivity contribution in [3.63, 3.8) is 0 Å². The van der Waals surface area contributed by atoms with Gasteiger partial charge in [-0.3, -0.25) is 4.79 Å². The Hall–Kier alpha value is -2.30. The standard InChI is InChI=1S/C20H18F3N3O2S2/c1-10-17(30-16(8-27)24-10)15-9-29-19(25-15)26-18(28)13-6-12(7-13)11-2-4-14(5-3-11)20(21,22)23/h2-5,9,12-13,27H,6-8H2,1H3,(H,25,26,28)/t12-,13+. The maximum absolute atomic E-state index is 12.7. The number of carbonyl (C=O) groups is 1. The van der Waals surface area contributed by atoms with Crippen molar-refractivity contribution in [3.8, 4) is 10.6 Å². The van der Waals surface area contributed by atoms with E-state index >= 15 is 0 Å². The molecule has 0 aliphatic heterocycles. The van der Waals surface area contributed by atoms with Crippen molar-refractivity contribution in [1.29, 1.82) is 0 Å². The van der Waals surface area contributed by atoms with Crippen LogP contribution in [0.5, 0.6) is 0 Å². The topological polar surface area (TPSA) is 75.1 Å². The molecule has 1 aromatic carbocycles. The molecule has 4 rings (SSSR count). The zero-order chi connectivity index (χ0) is 21.5. The Balaban J connectivity index is 1.34. The number of halogens is 3. The number of alkyl halides is 3. The number of nitrogens with zero attached hydrogens (tertiary/aromatic N) is 2. The minimum Gasteiger partial charge on any atom is -0.389 e. The lowest BCUT2D eigenvalue weighted by Crippen LogP contribution is -2.33. The van der Waals surface area contributed by atoms with Crippen LogP contribution in [0.15, 0.2) is 29.6 Å². The number of rotatable bonds is 5. The van der Waals surface area contributed by atoms with Gasteiger partial charge in [-0.1, -0.05) is 12.1 Å². The van der Waals surface area contributed by atoms with Gasteiger partial charge in [0.2, 0.25) is 5.91 Å². The van der Waals surface area contributed by atoms with Crippen LogP contribution in [0, 0.1) is 12.8 Å². The highest BCUT2D eigenvalue weighted by molar-refractivity contribution is 7.17. The van der Waals surface area contributed by atoms with E-state index in [1.807, 2.05) is 12.3 Å². The number of hydrogen-bond donors (Lipinski definition) is 2. The molecule has 1 aliphatic rings. The average Bonchev–Trinajstić information content (AvgIpc) is 3.26. The van der Waals surface area contributed by atoms with Crippen LogP contribution < -0.4 is 5.32 Å². The molecule has 2 heterocycles. The highest BCUT2D eigenvalue weighted by Gasteiger charge is 2.36. The van der Waals surface area contributed by atoms with E-state index in [1.165, 1.54) is 34.8 Å². The van der Waals surface area contributed by atoms with Crippen LogP contribution >= 0.6 is 22.7 Å². The molecule has 1 fully saturated rings. The van der Waals surface area contributed by atoms with Gasteiger partial charge in [0.05, 0.1) is 28.4 Å². The van der Waals surface area contributed by atoms with Crippen LogP contribution in [0.3, 0.4) is 0 Å². The SMILES string of the molecule is Cc1nc(CO)sc1-c1csc(NC(=O)[C@H]2C[C@@H](c3ccc(C(F)(F)F)cc3)C2)n1. The number of aliphatic hydroxyl groups excluding tert-OH is 1. The number of aliphatic hydroxyl groups is 1. The second-order valence-corrected chi connectivity index (χ2v) is 9.13. The average molecular weight is 454 g/mol. The number of thiazole rings is 2. The Morgan fingerprint density at radius 3 is 2.53 bits per heavy atom. The molecule has 0 unspecified atom stereocenters. The van der Waals surface area contributed by atoms with Crippen molar-refractivity contribution in [3.05, 3.63) is 51.5 Å². The predicted molar refractivity (Wildman–Crippen MR) is 109 cm³/mol. The fourth-order valence-electron chi connectivity index (χ4n) is 3.45. The van der Waals surface area contributed by atoms with Crippen LogP contribution in [-0.4, -0.2) is 21.0 Å². The number of aryl methyl sites for hydroxylation is 1. The highest BCUT2D eigenvalue weighted by Crippen LogP contribution is 2.43. The summed E-state index contributed by atoms with van der Waals surface area (Å²) >= 11 is 2.69. The molecule has 0 atom stereocenters. The first-order valence-electron chi connectivity index (χ1n) is 9.25. The summed E-state index contributed by atoms with van der Waals surface area (Å²) in [6.45, 7) is 1.72. The van der Waals surface area contributed by atoms with Gasteiger partial charge in [-0.15, -0.1) is 22.7 Å². The summed E-state index contributed by atoms with van der Waals surface area (Å²) in [7, 11) is 0.